The number of sulfone groups is 1. The van der Waals surface area contributed by atoms with Gasteiger partial charge in [-0.2, -0.15) is 4.98 Å². The Balaban J connectivity index is 1.94. The molecule has 0 unspecified atom stereocenters. The Morgan fingerprint density at radius 3 is 2.56 bits per heavy atom. The topological polar surface area (TPSA) is 97.2 Å². The van der Waals surface area contributed by atoms with E-state index >= 15 is 0 Å². The highest BCUT2D eigenvalue weighted by Crippen LogP contribution is 2.25. The molecule has 0 saturated heterocycles. The van der Waals surface area contributed by atoms with Gasteiger partial charge < -0.3 is 0 Å². The van der Waals surface area contributed by atoms with Gasteiger partial charge in [-0.3, -0.25) is 4.79 Å². The highest BCUT2D eigenvalue weighted by atomic mass is 32.2. The van der Waals surface area contributed by atoms with Gasteiger partial charge in [0, 0.05) is 0 Å². The van der Waals surface area contributed by atoms with E-state index in [1.165, 1.54) is 15.9 Å². The fraction of sp³-hybridized carbons (Fsp3) is 0.188. The quantitative estimate of drug-likeness (QED) is 0.594. The molecule has 9 heteroatoms. The molecule has 0 radical (unpaired) electrons. The summed E-state index contributed by atoms with van der Waals surface area (Å²) in [5.41, 5.74) is 1.14. The zero-order valence-electron chi connectivity index (χ0n) is 13.4. The van der Waals surface area contributed by atoms with Crippen LogP contribution >= 0.6 is 11.3 Å². The predicted molar refractivity (Wildman–Crippen MR) is 95.0 cm³/mol. The molecule has 1 aromatic carbocycles. The zero-order valence-corrected chi connectivity index (χ0v) is 15.1. The molecule has 4 rings (SSSR count). The van der Waals surface area contributed by atoms with Crippen molar-refractivity contribution >= 4 is 37.0 Å². The Morgan fingerprint density at radius 1 is 1.16 bits per heavy atom. The van der Waals surface area contributed by atoms with Crippen molar-refractivity contribution in [3.63, 3.8) is 0 Å². The number of benzene rings is 1. The van der Waals surface area contributed by atoms with Crippen LogP contribution in [0.4, 0.5) is 0 Å². The highest BCUT2D eigenvalue weighted by Gasteiger charge is 2.26. The number of thiophene rings is 1. The zero-order chi connectivity index (χ0) is 17.8. The maximum Gasteiger partial charge on any atom is 0.291 e. The van der Waals surface area contributed by atoms with Crippen molar-refractivity contribution in [2.24, 2.45) is 0 Å². The van der Waals surface area contributed by atoms with E-state index in [1.54, 1.807) is 35.7 Å². The molecule has 0 aliphatic carbocycles. The van der Waals surface area contributed by atoms with Crippen molar-refractivity contribution in [1.29, 1.82) is 0 Å². The SMILES string of the molecule is CC(C)c1ccc(S(=O)(=O)c2n[nH]n3c2nc(=O)c2sccc23)cc1. The van der Waals surface area contributed by atoms with Gasteiger partial charge in [0.2, 0.25) is 14.9 Å². The summed E-state index contributed by atoms with van der Waals surface area (Å²) in [4.78, 5) is 16.2. The van der Waals surface area contributed by atoms with Crippen LogP contribution in [0.15, 0.2) is 50.4 Å². The second-order valence-electron chi connectivity index (χ2n) is 5.96. The lowest BCUT2D eigenvalue weighted by Gasteiger charge is -2.06. The van der Waals surface area contributed by atoms with Gasteiger partial charge in [-0.1, -0.05) is 26.0 Å². The van der Waals surface area contributed by atoms with Crippen molar-refractivity contribution in [3.05, 3.63) is 51.6 Å². The normalized spacial score (nSPS) is 12.4. The maximum absolute atomic E-state index is 12.9. The molecule has 4 aromatic rings. The number of aromatic amines is 1. The largest absolute Gasteiger partial charge is 0.291 e. The molecule has 7 nitrogen and oxygen atoms in total. The van der Waals surface area contributed by atoms with Gasteiger partial charge in [0.1, 0.15) is 4.70 Å². The van der Waals surface area contributed by atoms with Crippen LogP contribution in [0.2, 0.25) is 0 Å². The molecular weight excluding hydrogens is 360 g/mol. The summed E-state index contributed by atoms with van der Waals surface area (Å²) in [6, 6.07) is 8.39. The summed E-state index contributed by atoms with van der Waals surface area (Å²) in [7, 11) is -3.89. The van der Waals surface area contributed by atoms with Crippen LogP contribution in [0, 0.1) is 0 Å². The van der Waals surface area contributed by atoms with Crippen molar-refractivity contribution in [2.75, 3.05) is 0 Å². The van der Waals surface area contributed by atoms with Crippen LogP contribution in [-0.4, -0.2) is 28.2 Å². The molecule has 0 atom stereocenters. The lowest BCUT2D eigenvalue weighted by molar-refractivity contribution is 0.592. The Morgan fingerprint density at radius 2 is 1.88 bits per heavy atom. The van der Waals surface area contributed by atoms with Gasteiger partial charge in [-0.05, 0) is 35.1 Å². The molecule has 0 spiro atoms. The number of rotatable bonds is 3. The van der Waals surface area contributed by atoms with E-state index in [-0.39, 0.29) is 15.6 Å². The first-order chi connectivity index (χ1) is 11.9. The van der Waals surface area contributed by atoms with E-state index in [0.717, 1.165) is 5.56 Å². The van der Waals surface area contributed by atoms with Gasteiger partial charge in [0.15, 0.2) is 5.65 Å². The fourth-order valence-corrected chi connectivity index (χ4v) is 4.68. The highest BCUT2D eigenvalue weighted by molar-refractivity contribution is 7.91. The van der Waals surface area contributed by atoms with Gasteiger partial charge in [0.05, 0.1) is 10.4 Å². The second-order valence-corrected chi connectivity index (χ2v) is 8.74. The van der Waals surface area contributed by atoms with Crippen LogP contribution < -0.4 is 5.56 Å². The molecule has 0 amide bonds. The minimum atomic E-state index is -3.89. The lowest BCUT2D eigenvalue weighted by Crippen LogP contribution is -2.10. The molecule has 0 aliphatic rings. The monoisotopic (exact) mass is 374 g/mol. The molecule has 0 bridgehead atoms. The van der Waals surface area contributed by atoms with Crippen LogP contribution in [-0.2, 0) is 9.84 Å². The van der Waals surface area contributed by atoms with E-state index in [0.29, 0.717) is 16.1 Å². The van der Waals surface area contributed by atoms with Gasteiger partial charge in [0.25, 0.3) is 5.56 Å². The number of fused-ring (bicyclic) bond motifs is 3. The van der Waals surface area contributed by atoms with Crippen molar-refractivity contribution in [1.82, 2.24) is 19.8 Å². The van der Waals surface area contributed by atoms with Crippen LogP contribution in [0.3, 0.4) is 0 Å². The minimum Gasteiger partial charge on any atom is -0.266 e. The molecule has 1 N–H and O–H groups in total. The van der Waals surface area contributed by atoms with Crippen molar-refractivity contribution in [3.8, 4) is 0 Å². The van der Waals surface area contributed by atoms with E-state index in [4.69, 9.17) is 0 Å². The van der Waals surface area contributed by atoms with E-state index in [1.807, 2.05) is 13.8 Å². The maximum atomic E-state index is 12.9. The van der Waals surface area contributed by atoms with Crippen molar-refractivity contribution in [2.45, 2.75) is 29.7 Å². The third kappa shape index (κ3) is 2.38. The molecule has 0 saturated carbocycles. The second kappa shape index (κ2) is 5.50. The van der Waals surface area contributed by atoms with Crippen LogP contribution in [0.5, 0.6) is 0 Å². The molecule has 3 aromatic heterocycles. The average molecular weight is 374 g/mol. The minimum absolute atomic E-state index is 0.00355. The molecule has 3 heterocycles. The third-order valence-electron chi connectivity index (χ3n) is 4.05. The van der Waals surface area contributed by atoms with Gasteiger partial charge >= 0.3 is 0 Å². The number of hydrogen-bond acceptors (Lipinski definition) is 6. The molecule has 0 fully saturated rings. The Hall–Kier alpha value is -2.52. The first kappa shape index (κ1) is 16.0. The van der Waals surface area contributed by atoms with Crippen LogP contribution in [0.1, 0.15) is 25.3 Å². The molecule has 25 heavy (non-hydrogen) atoms. The van der Waals surface area contributed by atoms with E-state index in [2.05, 4.69) is 15.3 Å². The third-order valence-corrected chi connectivity index (χ3v) is 6.62. The smallest absolute Gasteiger partial charge is 0.266 e. The Bertz CT molecular complexity index is 1250. The van der Waals surface area contributed by atoms with E-state index < -0.39 is 15.4 Å². The molecular formula is C16H14N4O3S2. The first-order valence-electron chi connectivity index (χ1n) is 7.59. The van der Waals surface area contributed by atoms with Crippen molar-refractivity contribution < 1.29 is 8.42 Å². The summed E-state index contributed by atoms with van der Waals surface area (Å²) >= 11 is 1.25. The molecule has 0 aliphatic heterocycles. The predicted octanol–water partition coefficient (Wildman–Crippen LogP) is 2.59. The number of H-pyrrole nitrogens is 1. The van der Waals surface area contributed by atoms with E-state index in [9.17, 15) is 13.2 Å². The number of nitrogens with zero attached hydrogens (tertiary/aromatic N) is 3. The summed E-state index contributed by atoms with van der Waals surface area (Å²) in [5, 5.41) is 8.06. The Kier molecular flexibility index (Phi) is 3.51. The summed E-state index contributed by atoms with van der Waals surface area (Å²) < 4.78 is 27.8. The number of hydrogen-bond donors (Lipinski definition) is 1. The number of nitrogens with one attached hydrogen (secondary N) is 1. The number of aromatic nitrogens is 4. The molecule has 128 valence electrons. The summed E-state index contributed by atoms with van der Waals surface area (Å²) in [6.45, 7) is 4.07. The van der Waals surface area contributed by atoms with Crippen LogP contribution in [0.25, 0.3) is 15.9 Å². The summed E-state index contributed by atoms with van der Waals surface area (Å²) in [5.74, 6) is 0.301. The lowest BCUT2D eigenvalue weighted by atomic mass is 10.0. The van der Waals surface area contributed by atoms with Gasteiger partial charge in [-0.25, -0.2) is 18.1 Å². The average Bonchev–Trinajstić information content (AvgIpc) is 3.21. The fourth-order valence-electron chi connectivity index (χ4n) is 2.66. The van der Waals surface area contributed by atoms with Gasteiger partial charge in [-0.15, -0.1) is 16.4 Å². The Labute approximate surface area is 146 Å². The standard InChI is InChI=1S/C16H14N4O3S2/c1-9(2)10-3-5-11(6-4-10)25(22,23)16-14-17-15(21)13-12(7-8-24-13)20(14)19-18-16/h3-9,19H,1-2H3. The summed E-state index contributed by atoms with van der Waals surface area (Å²) in [6.07, 6.45) is 0. The first-order valence-corrected chi connectivity index (χ1v) is 9.95.